The number of carbonyl (C=O) groups excluding carboxylic acids is 1. The number of nitrogens with zero attached hydrogens (tertiary/aromatic N) is 2. The average molecular weight is 384 g/mol. The Labute approximate surface area is 140 Å². The number of anilines is 1. The molecule has 2 aromatic rings. The zero-order valence-electron chi connectivity index (χ0n) is 11.7. The Morgan fingerprint density at radius 3 is 3.14 bits per heavy atom. The van der Waals surface area contributed by atoms with Gasteiger partial charge in [0, 0.05) is 15.4 Å². The first-order valence-corrected chi connectivity index (χ1v) is 8.13. The van der Waals surface area contributed by atoms with Gasteiger partial charge in [-0.25, -0.2) is 4.98 Å². The van der Waals surface area contributed by atoms with Gasteiger partial charge < -0.3 is 9.84 Å². The number of ether oxygens (including phenoxy) is 1. The molecular weight excluding hydrogens is 370 g/mol. The number of hydrazone groups is 1. The molecule has 2 rings (SSSR count). The van der Waals surface area contributed by atoms with Gasteiger partial charge in [0.25, 0.3) is 0 Å². The van der Waals surface area contributed by atoms with Gasteiger partial charge in [0.05, 0.1) is 24.9 Å². The minimum absolute atomic E-state index is 0.152. The molecule has 0 fully saturated rings. The van der Waals surface area contributed by atoms with Crippen molar-refractivity contribution in [1.29, 1.82) is 0 Å². The number of aromatic hydroxyl groups is 1. The monoisotopic (exact) mass is 383 g/mol. The normalized spacial score (nSPS) is 10.8. The third-order valence-electron chi connectivity index (χ3n) is 2.53. The van der Waals surface area contributed by atoms with Crippen molar-refractivity contribution in [2.75, 3.05) is 12.0 Å². The first kappa shape index (κ1) is 16.4. The predicted molar refractivity (Wildman–Crippen MR) is 89.5 cm³/mol. The fraction of sp³-hybridized carbons (Fsp3) is 0.214. The first-order valence-electron chi connectivity index (χ1n) is 6.46. The highest BCUT2D eigenvalue weighted by molar-refractivity contribution is 9.10. The van der Waals surface area contributed by atoms with Crippen molar-refractivity contribution in [3.8, 4) is 5.75 Å². The molecule has 6 nitrogen and oxygen atoms in total. The maximum atomic E-state index is 11.4. The zero-order valence-corrected chi connectivity index (χ0v) is 14.1. The standard InChI is InChI=1S/C14H14BrN3O3S/c1-2-21-13(20)5-10-8-22-14(17-10)18-16-7-9-3-4-11(19)6-12(9)15/h3-4,6-8,19H,2,5H2,1H3,(H,17,18). The van der Waals surface area contributed by atoms with Crippen molar-refractivity contribution in [2.45, 2.75) is 13.3 Å². The zero-order chi connectivity index (χ0) is 15.9. The maximum absolute atomic E-state index is 11.4. The maximum Gasteiger partial charge on any atom is 0.311 e. The fourth-order valence-corrected chi connectivity index (χ4v) is 2.71. The number of aromatic nitrogens is 1. The van der Waals surface area contributed by atoms with Gasteiger partial charge >= 0.3 is 5.97 Å². The van der Waals surface area contributed by atoms with Gasteiger partial charge in [0.2, 0.25) is 5.13 Å². The van der Waals surface area contributed by atoms with Crippen molar-refractivity contribution in [3.63, 3.8) is 0 Å². The summed E-state index contributed by atoms with van der Waals surface area (Å²) in [7, 11) is 0. The number of hydrogen-bond donors (Lipinski definition) is 2. The molecule has 0 saturated heterocycles. The van der Waals surface area contributed by atoms with Crippen LogP contribution in [0, 0.1) is 0 Å². The number of phenols is 1. The molecule has 0 aliphatic carbocycles. The second-order valence-electron chi connectivity index (χ2n) is 4.20. The molecule has 0 atom stereocenters. The van der Waals surface area contributed by atoms with Gasteiger partial charge in [0.1, 0.15) is 5.75 Å². The summed E-state index contributed by atoms with van der Waals surface area (Å²) in [4.78, 5) is 15.6. The van der Waals surface area contributed by atoms with Crippen molar-refractivity contribution in [2.24, 2.45) is 5.10 Å². The molecule has 116 valence electrons. The summed E-state index contributed by atoms with van der Waals surface area (Å²) in [5.41, 5.74) is 4.26. The SMILES string of the molecule is CCOC(=O)Cc1csc(NN=Cc2ccc(O)cc2Br)n1. The summed E-state index contributed by atoms with van der Waals surface area (Å²) in [6.07, 6.45) is 1.76. The van der Waals surface area contributed by atoms with Crippen molar-refractivity contribution < 1.29 is 14.6 Å². The minimum atomic E-state index is -0.295. The third-order valence-corrected chi connectivity index (χ3v) is 4.01. The topological polar surface area (TPSA) is 83.8 Å². The largest absolute Gasteiger partial charge is 0.508 e. The fourth-order valence-electron chi connectivity index (χ4n) is 1.58. The first-order chi connectivity index (χ1) is 10.6. The summed E-state index contributed by atoms with van der Waals surface area (Å²) < 4.78 is 5.60. The lowest BCUT2D eigenvalue weighted by Crippen LogP contribution is -2.07. The number of halogens is 1. The molecular formula is C14H14BrN3O3S. The third kappa shape index (κ3) is 4.81. The number of esters is 1. The molecule has 0 aliphatic rings. The predicted octanol–water partition coefficient (Wildman–Crippen LogP) is 3.16. The quantitative estimate of drug-likeness (QED) is 0.454. The summed E-state index contributed by atoms with van der Waals surface area (Å²) in [5, 5.41) is 15.8. The Hall–Kier alpha value is -1.93. The van der Waals surface area contributed by atoms with Crippen LogP contribution in [0.4, 0.5) is 5.13 Å². The van der Waals surface area contributed by atoms with E-state index in [-0.39, 0.29) is 18.1 Å². The highest BCUT2D eigenvalue weighted by atomic mass is 79.9. The van der Waals surface area contributed by atoms with Gasteiger partial charge in [-0.05, 0) is 41.1 Å². The highest BCUT2D eigenvalue weighted by Crippen LogP contribution is 2.21. The van der Waals surface area contributed by atoms with E-state index < -0.39 is 0 Å². The second-order valence-corrected chi connectivity index (χ2v) is 5.91. The molecule has 0 spiro atoms. The number of hydrogen-bond acceptors (Lipinski definition) is 7. The Morgan fingerprint density at radius 1 is 1.59 bits per heavy atom. The van der Waals surface area contributed by atoms with E-state index in [4.69, 9.17) is 4.74 Å². The number of thiazole rings is 1. The molecule has 1 aromatic heterocycles. The number of nitrogens with one attached hydrogen (secondary N) is 1. The van der Waals surface area contributed by atoms with Crippen LogP contribution in [0.1, 0.15) is 18.2 Å². The lowest BCUT2D eigenvalue weighted by atomic mass is 10.2. The Balaban J connectivity index is 1.93. The molecule has 0 amide bonds. The number of benzene rings is 1. The van der Waals surface area contributed by atoms with Gasteiger partial charge in [-0.15, -0.1) is 11.3 Å². The van der Waals surface area contributed by atoms with E-state index >= 15 is 0 Å². The molecule has 1 heterocycles. The van der Waals surface area contributed by atoms with E-state index in [0.29, 0.717) is 17.4 Å². The van der Waals surface area contributed by atoms with Crippen LogP contribution in [0.5, 0.6) is 5.75 Å². The minimum Gasteiger partial charge on any atom is -0.508 e. The van der Waals surface area contributed by atoms with Crippen LogP contribution in [0.2, 0.25) is 0 Å². The van der Waals surface area contributed by atoms with E-state index in [1.54, 1.807) is 36.7 Å². The van der Waals surface area contributed by atoms with Crippen LogP contribution in [-0.4, -0.2) is 28.9 Å². The van der Waals surface area contributed by atoms with E-state index in [1.807, 2.05) is 0 Å². The molecule has 2 N–H and O–H groups in total. The average Bonchev–Trinajstić information content (AvgIpc) is 2.89. The van der Waals surface area contributed by atoms with Crippen LogP contribution >= 0.6 is 27.3 Å². The molecule has 8 heteroatoms. The smallest absolute Gasteiger partial charge is 0.311 e. The van der Waals surface area contributed by atoms with E-state index in [9.17, 15) is 9.90 Å². The van der Waals surface area contributed by atoms with Gasteiger partial charge in [0.15, 0.2) is 0 Å². The van der Waals surface area contributed by atoms with Crippen LogP contribution in [-0.2, 0) is 16.0 Å². The molecule has 0 aliphatic heterocycles. The summed E-state index contributed by atoms with van der Waals surface area (Å²) in [6.45, 7) is 2.13. The summed E-state index contributed by atoms with van der Waals surface area (Å²) in [6, 6.07) is 4.90. The van der Waals surface area contributed by atoms with Crippen molar-refractivity contribution in [1.82, 2.24) is 4.98 Å². The van der Waals surface area contributed by atoms with Crippen LogP contribution < -0.4 is 5.43 Å². The molecule has 0 unspecified atom stereocenters. The van der Waals surface area contributed by atoms with Crippen LogP contribution in [0.3, 0.4) is 0 Å². The molecule has 22 heavy (non-hydrogen) atoms. The Morgan fingerprint density at radius 2 is 2.41 bits per heavy atom. The molecule has 0 bridgehead atoms. The van der Waals surface area contributed by atoms with Gasteiger partial charge in [-0.3, -0.25) is 10.2 Å². The lowest BCUT2D eigenvalue weighted by Gasteiger charge is -1.99. The van der Waals surface area contributed by atoms with E-state index in [0.717, 1.165) is 10.0 Å². The van der Waals surface area contributed by atoms with Crippen molar-refractivity contribution in [3.05, 3.63) is 39.3 Å². The molecule has 1 aromatic carbocycles. The highest BCUT2D eigenvalue weighted by Gasteiger charge is 2.07. The van der Waals surface area contributed by atoms with Gasteiger partial charge in [-0.1, -0.05) is 0 Å². The lowest BCUT2D eigenvalue weighted by molar-refractivity contribution is -0.142. The van der Waals surface area contributed by atoms with Gasteiger partial charge in [-0.2, -0.15) is 5.10 Å². The molecule has 0 saturated carbocycles. The van der Waals surface area contributed by atoms with Crippen molar-refractivity contribution >= 4 is 44.6 Å². The number of rotatable bonds is 6. The summed E-state index contributed by atoms with van der Waals surface area (Å²) >= 11 is 4.69. The second kappa shape index (κ2) is 7.90. The Kier molecular flexibility index (Phi) is 5.91. The van der Waals surface area contributed by atoms with Crippen LogP contribution in [0.15, 0.2) is 33.2 Å². The number of phenolic OH excluding ortho intramolecular Hbond substituents is 1. The van der Waals surface area contributed by atoms with E-state index in [1.165, 1.54) is 11.3 Å². The Bertz CT molecular complexity index is 688. The van der Waals surface area contributed by atoms with E-state index in [2.05, 4.69) is 31.4 Å². The number of carbonyl (C=O) groups is 1. The molecule has 0 radical (unpaired) electrons. The summed E-state index contributed by atoms with van der Waals surface area (Å²) in [5.74, 6) is -0.114. The van der Waals surface area contributed by atoms with Crippen LogP contribution in [0.25, 0.3) is 0 Å².